The van der Waals surface area contributed by atoms with Gasteiger partial charge >= 0.3 is 17.9 Å². The van der Waals surface area contributed by atoms with Crippen LogP contribution in [-0.2, 0) is 65.4 Å². The van der Waals surface area contributed by atoms with Crippen molar-refractivity contribution in [1.29, 1.82) is 0 Å². The highest BCUT2D eigenvalue weighted by molar-refractivity contribution is 5.93. The zero-order valence-electron chi connectivity index (χ0n) is 42.9. The predicted molar refractivity (Wildman–Crippen MR) is 259 cm³/mol. The number of benzene rings is 2. The summed E-state index contributed by atoms with van der Waals surface area (Å²) in [6.07, 6.45) is -4.64. The molecule has 0 spiro atoms. The van der Waals surface area contributed by atoms with E-state index in [0.717, 1.165) is 0 Å². The fourth-order valence-electron chi connectivity index (χ4n) is 8.28. The lowest BCUT2D eigenvalue weighted by Crippen LogP contribution is -2.54. The first-order chi connectivity index (χ1) is 31.8. The van der Waals surface area contributed by atoms with Crippen molar-refractivity contribution in [2.45, 2.75) is 156 Å². The van der Waals surface area contributed by atoms with Crippen molar-refractivity contribution in [3.8, 4) is 0 Å². The fourth-order valence-corrected chi connectivity index (χ4v) is 8.28. The Labute approximate surface area is 404 Å². The van der Waals surface area contributed by atoms with Crippen molar-refractivity contribution in [1.82, 2.24) is 19.6 Å². The maximum Gasteiger partial charge on any atom is 0.329 e. The van der Waals surface area contributed by atoms with Gasteiger partial charge in [0.1, 0.15) is 23.9 Å². The molecular weight excluding hydrogens is 869 g/mol. The molecule has 0 aromatic heterocycles. The van der Waals surface area contributed by atoms with Gasteiger partial charge in [0.15, 0.2) is 24.4 Å². The maximum absolute atomic E-state index is 14.7. The standard InChI is InChI=1S/C53H78N4O11/c1-32(2)26-41-36(9)65-37(10)47(58)55(13)43(28-34(5)6)52(63)68-46(31-40-24-20-17-21-25-40)50(61)57(15)42(27-33(3)4)51(62)66-38(11)48(59)56(14)44(29-35(7)8)53(64)67-45(49(60)54(41)12)30-39-22-18-16-19-23-39/h16-25,32-35,37-38,41-46H,9,26-31H2,1-8,10-15H3/t37-,38-,41+,42+,43+,44+,45-,46-/m1/s1. The van der Waals surface area contributed by atoms with Crippen molar-refractivity contribution in [2.24, 2.45) is 23.7 Å². The highest BCUT2D eigenvalue weighted by atomic mass is 16.6. The molecule has 0 radical (unpaired) electrons. The first-order valence-electron chi connectivity index (χ1n) is 24.0. The second-order valence-corrected chi connectivity index (χ2v) is 19.9. The first-order valence-corrected chi connectivity index (χ1v) is 24.0. The number of carbonyl (C=O) groups excluding carboxylic acids is 7. The molecule has 2 aromatic carbocycles. The Morgan fingerprint density at radius 1 is 0.426 bits per heavy atom. The number of rotatable bonds is 12. The number of esters is 3. The first kappa shape index (κ1) is 56.6. The molecule has 0 N–H and O–H groups in total. The van der Waals surface area contributed by atoms with Gasteiger partial charge in [-0.05, 0) is 74.3 Å². The lowest BCUT2D eigenvalue weighted by Gasteiger charge is -2.36. The Balaban J connectivity index is 2.25. The molecular formula is C53H78N4O11. The van der Waals surface area contributed by atoms with E-state index in [0.29, 0.717) is 17.5 Å². The van der Waals surface area contributed by atoms with Gasteiger partial charge in [0.25, 0.3) is 23.6 Å². The number of ether oxygens (including phenoxy) is 4. The van der Waals surface area contributed by atoms with Crippen LogP contribution in [0.3, 0.4) is 0 Å². The van der Waals surface area contributed by atoms with E-state index < -0.39 is 90.1 Å². The van der Waals surface area contributed by atoms with Crippen LogP contribution in [-0.4, -0.2) is 138 Å². The molecule has 1 aliphatic heterocycles. The number of carbonyl (C=O) groups is 7. The molecule has 68 heavy (non-hydrogen) atoms. The van der Waals surface area contributed by atoms with Crippen molar-refractivity contribution < 1.29 is 52.5 Å². The van der Waals surface area contributed by atoms with E-state index in [1.54, 1.807) is 31.3 Å². The second kappa shape index (κ2) is 26.1. The van der Waals surface area contributed by atoms with E-state index in [4.69, 9.17) is 18.9 Å². The lowest BCUT2D eigenvalue weighted by molar-refractivity contribution is -0.174. The molecule has 0 saturated carbocycles. The van der Waals surface area contributed by atoms with E-state index in [2.05, 4.69) is 6.58 Å². The summed E-state index contributed by atoms with van der Waals surface area (Å²) < 4.78 is 24.4. The van der Waals surface area contributed by atoms with Gasteiger partial charge < -0.3 is 38.5 Å². The molecule has 1 fully saturated rings. The third kappa shape index (κ3) is 16.2. The number of nitrogens with zero attached hydrogens (tertiary/aromatic N) is 4. The summed E-state index contributed by atoms with van der Waals surface area (Å²) in [6.45, 7) is 22.3. The SMILES string of the molecule is C=C1O[C@H](C)C(=O)N(C)[C@@H](CC(C)C)C(=O)O[C@H](Cc2ccccc2)C(=O)N(C)[C@@H](CC(C)C)C(=O)O[C@H](C)C(=O)N(C)[C@@H](CC(C)C)C(=O)O[C@H](Cc2ccccc2)C(=O)N(C)[C@H]1CC(C)C. The van der Waals surface area contributed by atoms with Gasteiger partial charge in [-0.1, -0.05) is 123 Å². The van der Waals surface area contributed by atoms with Crippen LogP contribution in [0.5, 0.6) is 0 Å². The highest BCUT2D eigenvalue weighted by Gasteiger charge is 2.42. The van der Waals surface area contributed by atoms with Crippen LogP contribution in [0.1, 0.15) is 106 Å². The van der Waals surface area contributed by atoms with Gasteiger partial charge in [-0.3, -0.25) is 19.2 Å². The van der Waals surface area contributed by atoms with E-state index in [1.807, 2.05) is 91.8 Å². The van der Waals surface area contributed by atoms with E-state index in [1.165, 1.54) is 54.6 Å². The molecule has 8 atom stereocenters. The summed E-state index contributed by atoms with van der Waals surface area (Å²) in [6, 6.07) is 13.7. The Morgan fingerprint density at radius 3 is 1.04 bits per heavy atom. The number of likely N-dealkylation sites (N-methyl/N-ethyl adjacent to an activating group) is 4. The molecule has 4 amide bonds. The molecule has 0 unspecified atom stereocenters. The third-order valence-corrected chi connectivity index (χ3v) is 12.1. The average Bonchev–Trinajstić information content (AvgIpc) is 3.28. The van der Waals surface area contributed by atoms with Gasteiger partial charge in [0, 0.05) is 41.0 Å². The fraction of sp³-hybridized carbons (Fsp3) is 0.604. The third-order valence-electron chi connectivity index (χ3n) is 12.1. The molecule has 3 rings (SSSR count). The Kier molecular flexibility index (Phi) is 21.8. The predicted octanol–water partition coefficient (Wildman–Crippen LogP) is 6.65. The monoisotopic (exact) mass is 947 g/mol. The van der Waals surface area contributed by atoms with Gasteiger partial charge in [-0.15, -0.1) is 0 Å². The topological polar surface area (TPSA) is 169 Å². The Morgan fingerprint density at radius 2 is 0.706 bits per heavy atom. The summed E-state index contributed by atoms with van der Waals surface area (Å²) in [5.74, 6) is -5.34. The van der Waals surface area contributed by atoms with Crippen molar-refractivity contribution in [3.05, 3.63) is 84.1 Å². The maximum atomic E-state index is 14.7. The van der Waals surface area contributed by atoms with E-state index in [-0.39, 0.29) is 61.5 Å². The second-order valence-electron chi connectivity index (χ2n) is 19.9. The molecule has 0 bridgehead atoms. The summed E-state index contributed by atoms with van der Waals surface area (Å²) in [7, 11) is 5.86. The normalized spacial score (nSPS) is 25.2. The zero-order chi connectivity index (χ0) is 51.2. The van der Waals surface area contributed by atoms with E-state index in [9.17, 15) is 33.6 Å². The number of hydrogen-bond donors (Lipinski definition) is 0. The Hall–Kier alpha value is -5.73. The number of cyclic esters (lactones) is 3. The van der Waals surface area contributed by atoms with Crippen LogP contribution < -0.4 is 0 Å². The summed E-state index contributed by atoms with van der Waals surface area (Å²) in [5.41, 5.74) is 1.39. The summed E-state index contributed by atoms with van der Waals surface area (Å²) in [4.78, 5) is 106. The summed E-state index contributed by atoms with van der Waals surface area (Å²) in [5, 5.41) is 0. The molecule has 15 nitrogen and oxygen atoms in total. The van der Waals surface area contributed by atoms with Gasteiger partial charge in [-0.2, -0.15) is 0 Å². The average molecular weight is 947 g/mol. The van der Waals surface area contributed by atoms with Crippen molar-refractivity contribution in [3.63, 3.8) is 0 Å². The van der Waals surface area contributed by atoms with Gasteiger partial charge in [0.2, 0.25) is 0 Å². The molecule has 376 valence electrons. The zero-order valence-corrected chi connectivity index (χ0v) is 42.9. The van der Waals surface area contributed by atoms with Crippen LogP contribution in [0.4, 0.5) is 0 Å². The number of hydrogen-bond acceptors (Lipinski definition) is 11. The largest absolute Gasteiger partial charge is 0.484 e. The van der Waals surface area contributed by atoms with Gasteiger partial charge in [-0.25, -0.2) is 14.4 Å². The van der Waals surface area contributed by atoms with Crippen LogP contribution in [0.25, 0.3) is 0 Å². The summed E-state index contributed by atoms with van der Waals surface area (Å²) >= 11 is 0. The Bertz CT molecular complexity index is 1860. The molecule has 0 aliphatic carbocycles. The number of amides is 4. The molecule has 2 aromatic rings. The van der Waals surface area contributed by atoms with Gasteiger partial charge in [0.05, 0.1) is 6.04 Å². The molecule has 1 saturated heterocycles. The van der Waals surface area contributed by atoms with Crippen LogP contribution in [0.15, 0.2) is 73.0 Å². The quantitative estimate of drug-likeness (QED) is 0.165. The minimum atomic E-state index is -1.43. The van der Waals surface area contributed by atoms with Crippen LogP contribution in [0.2, 0.25) is 0 Å². The minimum absolute atomic E-state index is 0.000264. The minimum Gasteiger partial charge on any atom is -0.484 e. The van der Waals surface area contributed by atoms with E-state index >= 15 is 0 Å². The molecule has 1 heterocycles. The van der Waals surface area contributed by atoms with Crippen molar-refractivity contribution in [2.75, 3.05) is 28.2 Å². The van der Waals surface area contributed by atoms with Crippen LogP contribution in [0, 0.1) is 23.7 Å². The highest BCUT2D eigenvalue weighted by Crippen LogP contribution is 2.26. The smallest absolute Gasteiger partial charge is 0.329 e. The molecule has 15 heteroatoms. The lowest BCUT2D eigenvalue weighted by atomic mass is 9.99. The van der Waals surface area contributed by atoms with Crippen molar-refractivity contribution >= 4 is 41.5 Å². The molecule has 1 aliphatic rings. The van der Waals surface area contributed by atoms with Crippen LogP contribution >= 0.6 is 0 Å².